The lowest BCUT2D eigenvalue weighted by Gasteiger charge is -2.37. The molecule has 0 bridgehead atoms. The number of nitro groups is 1. The zero-order valence-corrected chi connectivity index (χ0v) is 18.6. The highest BCUT2D eigenvalue weighted by Gasteiger charge is 2.26. The van der Waals surface area contributed by atoms with Crippen LogP contribution in [-0.4, -0.2) is 48.4 Å². The van der Waals surface area contributed by atoms with E-state index in [2.05, 4.69) is 15.0 Å². The molecular formula is C25H23N5O4. The van der Waals surface area contributed by atoms with Gasteiger partial charge in [0.05, 0.1) is 17.7 Å². The average Bonchev–Trinajstić information content (AvgIpc) is 3.39. The van der Waals surface area contributed by atoms with Gasteiger partial charge in [-0.3, -0.25) is 10.1 Å². The lowest BCUT2D eigenvalue weighted by atomic mass is 10.1. The van der Waals surface area contributed by atoms with Crippen LogP contribution in [0.15, 0.2) is 77.3 Å². The molecule has 3 aromatic carbocycles. The lowest BCUT2D eigenvalue weighted by Crippen LogP contribution is -2.46. The van der Waals surface area contributed by atoms with Crippen molar-refractivity contribution < 1.29 is 14.2 Å². The summed E-state index contributed by atoms with van der Waals surface area (Å²) in [5.41, 5.74) is 2.95. The monoisotopic (exact) mass is 457 g/mol. The maximum absolute atomic E-state index is 11.9. The van der Waals surface area contributed by atoms with Crippen molar-refractivity contribution in [1.29, 1.82) is 0 Å². The van der Waals surface area contributed by atoms with Gasteiger partial charge in [0.15, 0.2) is 0 Å². The standard InChI is InChI=1S/C25H23N5O4/c1-33-23-10-6-5-9-21(23)29-15-13-28(14-16-29)20-12-11-19(17-22(20)30(31)32)25-26-24(27-34-25)18-7-3-2-4-8-18/h2-12,17H,13-16H2,1H3. The molecule has 1 aromatic heterocycles. The molecule has 0 N–H and O–H groups in total. The van der Waals surface area contributed by atoms with Crippen LogP contribution < -0.4 is 14.5 Å². The number of anilines is 2. The second-order valence-electron chi connectivity index (χ2n) is 7.90. The first-order valence-corrected chi connectivity index (χ1v) is 10.9. The molecule has 0 saturated carbocycles. The van der Waals surface area contributed by atoms with Crippen molar-refractivity contribution in [2.45, 2.75) is 0 Å². The number of hydrogen-bond acceptors (Lipinski definition) is 8. The number of para-hydroxylation sites is 2. The van der Waals surface area contributed by atoms with Gasteiger partial charge in [0.2, 0.25) is 5.82 Å². The normalized spacial score (nSPS) is 13.7. The fourth-order valence-electron chi connectivity index (χ4n) is 4.19. The quantitative estimate of drug-likeness (QED) is 0.305. The Labute approximate surface area is 196 Å². The third kappa shape index (κ3) is 4.15. The van der Waals surface area contributed by atoms with E-state index in [4.69, 9.17) is 9.26 Å². The minimum Gasteiger partial charge on any atom is -0.495 e. The second-order valence-corrected chi connectivity index (χ2v) is 7.90. The van der Waals surface area contributed by atoms with Crippen LogP contribution in [0.3, 0.4) is 0 Å². The number of nitro benzene ring substituents is 1. The predicted molar refractivity (Wildman–Crippen MR) is 129 cm³/mol. The minimum atomic E-state index is -0.361. The van der Waals surface area contributed by atoms with Crippen LogP contribution in [0.25, 0.3) is 22.8 Å². The van der Waals surface area contributed by atoms with Gasteiger partial charge in [0.1, 0.15) is 11.4 Å². The molecule has 9 heteroatoms. The molecular weight excluding hydrogens is 434 g/mol. The maximum Gasteiger partial charge on any atom is 0.293 e. The van der Waals surface area contributed by atoms with E-state index >= 15 is 0 Å². The summed E-state index contributed by atoms with van der Waals surface area (Å²) in [4.78, 5) is 20.3. The Morgan fingerprint density at radius 2 is 1.56 bits per heavy atom. The van der Waals surface area contributed by atoms with Crippen LogP contribution in [0, 0.1) is 10.1 Å². The molecule has 1 aliphatic rings. The molecule has 0 aliphatic carbocycles. The summed E-state index contributed by atoms with van der Waals surface area (Å²) in [6.45, 7) is 2.75. The number of nitrogens with zero attached hydrogens (tertiary/aromatic N) is 5. The Morgan fingerprint density at radius 3 is 2.26 bits per heavy atom. The number of benzene rings is 3. The third-order valence-corrected chi connectivity index (χ3v) is 5.92. The van der Waals surface area contributed by atoms with E-state index in [9.17, 15) is 10.1 Å². The molecule has 172 valence electrons. The Hall–Kier alpha value is -4.40. The topological polar surface area (TPSA) is 97.8 Å². The molecule has 5 rings (SSSR count). The van der Waals surface area contributed by atoms with Gasteiger partial charge in [-0.1, -0.05) is 47.6 Å². The number of aromatic nitrogens is 2. The number of ether oxygens (including phenoxy) is 1. The van der Waals surface area contributed by atoms with Gasteiger partial charge in [-0.25, -0.2) is 0 Å². The van der Waals surface area contributed by atoms with Gasteiger partial charge < -0.3 is 19.1 Å². The van der Waals surface area contributed by atoms with E-state index in [0.29, 0.717) is 30.2 Å². The van der Waals surface area contributed by atoms with Crippen LogP contribution in [0.5, 0.6) is 5.75 Å². The SMILES string of the molecule is COc1ccccc1N1CCN(c2ccc(-c3nc(-c4ccccc4)no3)cc2[N+](=O)[O-])CC1. The first-order chi connectivity index (χ1) is 16.6. The van der Waals surface area contributed by atoms with E-state index in [-0.39, 0.29) is 16.5 Å². The third-order valence-electron chi connectivity index (χ3n) is 5.92. The van der Waals surface area contributed by atoms with Crippen molar-refractivity contribution in [2.75, 3.05) is 43.1 Å². The van der Waals surface area contributed by atoms with Crippen LogP contribution in [-0.2, 0) is 0 Å². The van der Waals surface area contributed by atoms with Gasteiger partial charge >= 0.3 is 0 Å². The van der Waals surface area contributed by atoms with Gasteiger partial charge in [0, 0.05) is 43.4 Å². The van der Waals surface area contributed by atoms with Crippen molar-refractivity contribution in [3.8, 4) is 28.6 Å². The summed E-state index contributed by atoms with van der Waals surface area (Å²) in [5, 5.41) is 15.9. The molecule has 9 nitrogen and oxygen atoms in total. The molecule has 0 radical (unpaired) electrons. The first kappa shape index (κ1) is 21.4. The van der Waals surface area contributed by atoms with Crippen molar-refractivity contribution in [1.82, 2.24) is 10.1 Å². The fourth-order valence-corrected chi connectivity index (χ4v) is 4.19. The predicted octanol–water partition coefficient (Wildman–Crippen LogP) is 4.65. The second kappa shape index (κ2) is 9.22. The van der Waals surface area contributed by atoms with Crippen molar-refractivity contribution in [3.05, 3.63) is 82.9 Å². The zero-order chi connectivity index (χ0) is 23.5. The zero-order valence-electron chi connectivity index (χ0n) is 18.6. The summed E-state index contributed by atoms with van der Waals surface area (Å²) in [6, 6.07) is 22.4. The number of piperazine rings is 1. The summed E-state index contributed by atoms with van der Waals surface area (Å²) in [7, 11) is 1.66. The molecule has 1 saturated heterocycles. The highest BCUT2D eigenvalue weighted by Crippen LogP contribution is 2.35. The molecule has 2 heterocycles. The molecule has 1 fully saturated rings. The number of methoxy groups -OCH3 is 1. The largest absolute Gasteiger partial charge is 0.495 e. The highest BCUT2D eigenvalue weighted by atomic mass is 16.6. The molecule has 34 heavy (non-hydrogen) atoms. The van der Waals surface area contributed by atoms with Crippen LogP contribution in [0.2, 0.25) is 0 Å². The summed E-state index contributed by atoms with van der Waals surface area (Å²) in [5.74, 6) is 1.50. The fraction of sp³-hybridized carbons (Fsp3) is 0.200. The highest BCUT2D eigenvalue weighted by molar-refractivity contribution is 5.72. The minimum absolute atomic E-state index is 0.0164. The molecule has 0 amide bonds. The van der Waals surface area contributed by atoms with Gasteiger partial charge in [-0.2, -0.15) is 4.98 Å². The summed E-state index contributed by atoms with van der Waals surface area (Å²) < 4.78 is 10.9. The Bertz CT molecular complexity index is 1300. The van der Waals surface area contributed by atoms with Crippen molar-refractivity contribution in [3.63, 3.8) is 0 Å². The average molecular weight is 457 g/mol. The summed E-state index contributed by atoms with van der Waals surface area (Å²) >= 11 is 0. The molecule has 0 spiro atoms. The Balaban J connectivity index is 1.37. The van der Waals surface area contributed by atoms with Crippen LogP contribution in [0.4, 0.5) is 17.1 Å². The Morgan fingerprint density at radius 1 is 0.882 bits per heavy atom. The number of rotatable bonds is 6. The van der Waals surface area contributed by atoms with E-state index in [1.165, 1.54) is 6.07 Å². The molecule has 1 aliphatic heterocycles. The van der Waals surface area contributed by atoms with E-state index in [1.807, 2.05) is 59.5 Å². The van der Waals surface area contributed by atoms with Crippen LogP contribution in [0.1, 0.15) is 0 Å². The van der Waals surface area contributed by atoms with E-state index in [0.717, 1.165) is 30.1 Å². The van der Waals surface area contributed by atoms with Gasteiger partial charge in [-0.15, -0.1) is 0 Å². The Kier molecular flexibility index (Phi) is 5.82. The first-order valence-electron chi connectivity index (χ1n) is 10.9. The molecule has 4 aromatic rings. The molecule has 0 unspecified atom stereocenters. The maximum atomic E-state index is 11.9. The molecule has 0 atom stereocenters. The van der Waals surface area contributed by atoms with Gasteiger partial charge in [0.25, 0.3) is 11.6 Å². The van der Waals surface area contributed by atoms with Crippen molar-refractivity contribution >= 4 is 17.1 Å². The smallest absolute Gasteiger partial charge is 0.293 e. The lowest BCUT2D eigenvalue weighted by molar-refractivity contribution is -0.384. The van der Waals surface area contributed by atoms with Gasteiger partial charge in [-0.05, 0) is 24.3 Å². The summed E-state index contributed by atoms with van der Waals surface area (Å²) in [6.07, 6.45) is 0. The van der Waals surface area contributed by atoms with E-state index < -0.39 is 0 Å². The van der Waals surface area contributed by atoms with E-state index in [1.54, 1.807) is 19.2 Å². The van der Waals surface area contributed by atoms with Crippen molar-refractivity contribution in [2.24, 2.45) is 0 Å². The van der Waals surface area contributed by atoms with Crippen LogP contribution >= 0.6 is 0 Å². The number of hydrogen-bond donors (Lipinski definition) is 0.